The first-order chi connectivity index (χ1) is 3.18. The highest BCUT2D eigenvalue weighted by Crippen LogP contribution is 2.16. The summed E-state index contributed by atoms with van der Waals surface area (Å²) >= 11 is 8.99. The van der Waals surface area contributed by atoms with Crippen molar-refractivity contribution in [2.45, 2.75) is 5.01 Å². The van der Waals surface area contributed by atoms with Gasteiger partial charge in [0.1, 0.15) is 5.01 Å². The average molecular weight is 295 g/mol. The molecule has 0 bridgehead atoms. The summed E-state index contributed by atoms with van der Waals surface area (Å²) in [5.41, 5.74) is 0. The van der Waals surface area contributed by atoms with Crippen LogP contribution in [0.15, 0.2) is 9.47 Å². The van der Waals surface area contributed by atoms with Gasteiger partial charge < -0.3 is 5.11 Å². The molecule has 0 aliphatic rings. The minimum absolute atomic E-state index is 0.591. The van der Waals surface area contributed by atoms with E-state index in [1.54, 1.807) is 4.99 Å². The molecule has 4 heteroatoms. The minimum Gasteiger partial charge on any atom is -0.377 e. The predicted molar refractivity (Wildman–Crippen MR) is 40.9 cm³/mol. The van der Waals surface area contributed by atoms with Crippen LogP contribution in [0, 0.1) is 0 Å². The lowest BCUT2D eigenvalue weighted by molar-refractivity contribution is 0.314. The van der Waals surface area contributed by atoms with Crippen molar-refractivity contribution in [2.75, 3.05) is 0 Å². The summed E-state index contributed by atoms with van der Waals surface area (Å²) in [4.78, 5) is 1.59. The van der Waals surface area contributed by atoms with Crippen molar-refractivity contribution >= 4 is 47.8 Å². The zero-order chi connectivity index (χ0) is 5.86. The van der Waals surface area contributed by atoms with Crippen LogP contribution >= 0.6 is 47.8 Å². The Balaban J connectivity index is 3.56. The molecule has 0 spiro atoms. The van der Waals surface area contributed by atoms with E-state index < -0.39 is 5.01 Å². The van der Waals surface area contributed by atoms with Crippen LogP contribution in [-0.4, -0.2) is 10.1 Å². The summed E-state index contributed by atoms with van der Waals surface area (Å²) < 4.78 is 0.674. The maximum atomic E-state index is 8.59. The Morgan fingerprint density at radius 2 is 2.14 bits per heavy atom. The van der Waals surface area contributed by atoms with Gasteiger partial charge in [-0.15, -0.1) is 0 Å². The molecule has 7 heavy (non-hydrogen) atoms. The highest BCUT2D eigenvalue weighted by atomic mass is 79.9. The normalized spacial score (nSPS) is 16.9. The van der Waals surface area contributed by atoms with Gasteiger partial charge in [0.25, 0.3) is 0 Å². The van der Waals surface area contributed by atoms with Crippen LogP contribution in [-0.2, 0) is 0 Å². The molecule has 0 aromatic rings. The van der Waals surface area contributed by atoms with Gasteiger partial charge in [-0.2, -0.15) is 0 Å². The SMILES string of the molecule is OC(Br)C(Br)=CBr. The molecule has 0 saturated heterocycles. The molecule has 0 fully saturated rings. The van der Waals surface area contributed by atoms with Gasteiger partial charge in [-0.25, -0.2) is 0 Å². The smallest absolute Gasteiger partial charge is 0.141 e. The summed E-state index contributed by atoms with van der Waals surface area (Å²) in [5, 5.41) is 8.00. The van der Waals surface area contributed by atoms with E-state index >= 15 is 0 Å². The van der Waals surface area contributed by atoms with E-state index in [1.165, 1.54) is 0 Å². The molecular weight excluding hydrogens is 292 g/mol. The van der Waals surface area contributed by atoms with Crippen LogP contribution in [0.25, 0.3) is 0 Å². The molecule has 0 rings (SSSR count). The van der Waals surface area contributed by atoms with Crippen molar-refractivity contribution in [1.82, 2.24) is 0 Å². The number of rotatable bonds is 1. The Kier molecular flexibility index (Phi) is 4.72. The summed E-state index contributed by atoms with van der Waals surface area (Å²) in [7, 11) is 0. The van der Waals surface area contributed by atoms with Gasteiger partial charge in [0.15, 0.2) is 0 Å². The van der Waals surface area contributed by atoms with Crippen LogP contribution in [0.1, 0.15) is 0 Å². The quantitative estimate of drug-likeness (QED) is 0.736. The molecular formula is C3H3Br3O. The molecule has 0 amide bonds. The third-order valence-electron chi connectivity index (χ3n) is 0.332. The predicted octanol–water partition coefficient (Wildman–Crippen LogP) is 2.33. The number of halogens is 3. The van der Waals surface area contributed by atoms with E-state index in [1.807, 2.05) is 0 Å². The zero-order valence-electron chi connectivity index (χ0n) is 3.24. The molecule has 0 aliphatic heterocycles. The molecule has 0 heterocycles. The lowest BCUT2D eigenvalue weighted by Gasteiger charge is -1.94. The second-order valence-electron chi connectivity index (χ2n) is 0.830. The van der Waals surface area contributed by atoms with Crippen LogP contribution in [0.4, 0.5) is 0 Å². The van der Waals surface area contributed by atoms with Crippen LogP contribution in [0.3, 0.4) is 0 Å². The van der Waals surface area contributed by atoms with Crippen molar-refractivity contribution < 1.29 is 5.11 Å². The standard InChI is InChI=1S/C3H3Br3O/c4-1-2(5)3(6)7/h1,3,7H. The first kappa shape index (κ1) is 8.14. The van der Waals surface area contributed by atoms with Gasteiger partial charge in [0, 0.05) is 4.48 Å². The molecule has 0 aliphatic carbocycles. The van der Waals surface area contributed by atoms with Crippen LogP contribution in [0.5, 0.6) is 0 Å². The van der Waals surface area contributed by atoms with E-state index in [9.17, 15) is 0 Å². The lowest BCUT2D eigenvalue weighted by Crippen LogP contribution is -1.90. The first-order valence-corrected chi connectivity index (χ1v) is 4.09. The Morgan fingerprint density at radius 1 is 1.71 bits per heavy atom. The largest absolute Gasteiger partial charge is 0.377 e. The maximum Gasteiger partial charge on any atom is 0.141 e. The van der Waals surface area contributed by atoms with E-state index in [2.05, 4.69) is 47.8 Å². The molecule has 1 nitrogen and oxygen atoms in total. The molecule has 1 atom stereocenters. The van der Waals surface area contributed by atoms with E-state index in [4.69, 9.17) is 5.11 Å². The van der Waals surface area contributed by atoms with Crippen molar-refractivity contribution in [2.24, 2.45) is 0 Å². The first-order valence-electron chi connectivity index (χ1n) is 1.46. The van der Waals surface area contributed by atoms with E-state index in [0.29, 0.717) is 4.48 Å². The lowest BCUT2D eigenvalue weighted by atomic mass is 10.7. The van der Waals surface area contributed by atoms with Gasteiger partial charge in [-0.05, 0) is 4.99 Å². The summed E-state index contributed by atoms with van der Waals surface area (Å²) in [5.74, 6) is 0. The Labute approximate surface area is 67.2 Å². The van der Waals surface area contributed by atoms with Crippen molar-refractivity contribution in [3.8, 4) is 0 Å². The minimum atomic E-state index is -0.591. The zero-order valence-corrected chi connectivity index (χ0v) is 7.99. The monoisotopic (exact) mass is 292 g/mol. The molecule has 0 aromatic carbocycles. The molecule has 0 aromatic heterocycles. The summed E-state index contributed by atoms with van der Waals surface area (Å²) in [6, 6.07) is 0. The van der Waals surface area contributed by atoms with Crippen LogP contribution < -0.4 is 0 Å². The Bertz CT molecular complexity index is 78.2. The summed E-state index contributed by atoms with van der Waals surface area (Å²) in [6.07, 6.45) is 0. The maximum absolute atomic E-state index is 8.59. The Hall–Kier alpha value is 1.14. The molecule has 42 valence electrons. The van der Waals surface area contributed by atoms with Gasteiger partial charge >= 0.3 is 0 Å². The van der Waals surface area contributed by atoms with Crippen LogP contribution in [0.2, 0.25) is 0 Å². The fraction of sp³-hybridized carbons (Fsp3) is 0.333. The highest BCUT2D eigenvalue weighted by molar-refractivity contribution is 9.15. The highest BCUT2D eigenvalue weighted by Gasteiger charge is 1.97. The van der Waals surface area contributed by atoms with Gasteiger partial charge in [0.2, 0.25) is 0 Å². The average Bonchev–Trinajstić information content (AvgIpc) is 1.65. The van der Waals surface area contributed by atoms with E-state index in [0.717, 1.165) is 0 Å². The summed E-state index contributed by atoms with van der Waals surface area (Å²) in [6.45, 7) is 0. The number of aliphatic hydroxyl groups is 1. The fourth-order valence-electron chi connectivity index (χ4n) is 0.0520. The van der Waals surface area contributed by atoms with Gasteiger partial charge in [-0.1, -0.05) is 47.8 Å². The fourth-order valence-corrected chi connectivity index (χ4v) is 0.789. The number of aliphatic hydroxyl groups excluding tert-OH is 1. The third kappa shape index (κ3) is 3.70. The molecule has 1 unspecified atom stereocenters. The van der Waals surface area contributed by atoms with Crippen molar-refractivity contribution in [3.05, 3.63) is 9.47 Å². The number of hydrogen-bond acceptors (Lipinski definition) is 1. The molecule has 1 N–H and O–H groups in total. The topological polar surface area (TPSA) is 20.2 Å². The Morgan fingerprint density at radius 3 is 2.14 bits per heavy atom. The van der Waals surface area contributed by atoms with Crippen molar-refractivity contribution in [3.63, 3.8) is 0 Å². The second kappa shape index (κ2) is 4.06. The van der Waals surface area contributed by atoms with Gasteiger partial charge in [0.05, 0.1) is 0 Å². The third-order valence-corrected chi connectivity index (χ3v) is 3.21. The number of hydrogen-bond donors (Lipinski definition) is 1. The van der Waals surface area contributed by atoms with Crippen molar-refractivity contribution in [1.29, 1.82) is 0 Å². The van der Waals surface area contributed by atoms with Gasteiger partial charge in [-0.3, -0.25) is 0 Å². The molecule has 0 saturated carbocycles. The van der Waals surface area contributed by atoms with E-state index in [-0.39, 0.29) is 0 Å². The molecule has 0 radical (unpaired) electrons. The second-order valence-corrected chi connectivity index (χ2v) is 3.07. The number of alkyl halides is 1.